The number of rotatable bonds is 10. The molecule has 0 radical (unpaired) electrons. The minimum Gasteiger partial charge on any atom is -0.497 e. The van der Waals surface area contributed by atoms with E-state index < -0.39 is 12.2 Å². The van der Waals surface area contributed by atoms with Crippen molar-refractivity contribution < 1.29 is 19.3 Å². The van der Waals surface area contributed by atoms with Gasteiger partial charge < -0.3 is 19.3 Å². The number of hydrogen-bond donors (Lipinski definition) is 1. The van der Waals surface area contributed by atoms with Crippen LogP contribution in [0, 0.1) is 0 Å². The molecule has 0 amide bonds. The molecule has 0 saturated carbocycles. The summed E-state index contributed by atoms with van der Waals surface area (Å²) in [6, 6.07) is 7.65. The maximum atomic E-state index is 10.4. The number of aliphatic hydroxyl groups excluding tert-OH is 1. The number of methoxy groups -OCH3 is 2. The summed E-state index contributed by atoms with van der Waals surface area (Å²) in [5, 5.41) is 10.4. The van der Waals surface area contributed by atoms with Crippen LogP contribution in [0.5, 0.6) is 5.75 Å². The predicted molar refractivity (Wildman–Crippen MR) is 101 cm³/mol. The van der Waals surface area contributed by atoms with E-state index in [1.165, 1.54) is 0 Å². The fraction of sp³-hybridized carbons (Fsp3) is 0.444. The van der Waals surface area contributed by atoms with Gasteiger partial charge in [0.2, 0.25) is 0 Å². The summed E-state index contributed by atoms with van der Waals surface area (Å²) in [7, 11) is 3.25. The summed E-state index contributed by atoms with van der Waals surface area (Å²) in [6.07, 6.45) is 2.68. The summed E-state index contributed by atoms with van der Waals surface area (Å²) in [5.74, 6) is 0.801. The predicted octanol–water partition coefficient (Wildman–Crippen LogP) is 3.87. The molecule has 1 N–H and O–H groups in total. The van der Waals surface area contributed by atoms with Gasteiger partial charge in [0.1, 0.15) is 18.0 Å². The van der Waals surface area contributed by atoms with Gasteiger partial charge in [-0.2, -0.15) is 0 Å². The van der Waals surface area contributed by atoms with Gasteiger partial charge in [0.25, 0.3) is 0 Å². The van der Waals surface area contributed by atoms with Gasteiger partial charge in [0.05, 0.1) is 19.8 Å². The summed E-state index contributed by atoms with van der Waals surface area (Å²) in [6.45, 7) is 6.06. The van der Waals surface area contributed by atoms with Crippen molar-refractivity contribution in [3.8, 4) is 5.75 Å². The van der Waals surface area contributed by atoms with Crippen LogP contribution in [0.2, 0.25) is 0 Å². The normalized spacial score (nSPS) is 15.8. The van der Waals surface area contributed by atoms with Crippen molar-refractivity contribution in [1.29, 1.82) is 0 Å². The Kier molecular flexibility index (Phi) is 9.47. The zero-order valence-electron chi connectivity index (χ0n) is 13.9. The Hall–Kier alpha value is -0.890. The van der Waals surface area contributed by atoms with Gasteiger partial charge in [0, 0.05) is 7.11 Å². The number of hydrogen-bond acceptors (Lipinski definition) is 4. The lowest BCUT2D eigenvalue weighted by atomic mass is 10.0. The summed E-state index contributed by atoms with van der Waals surface area (Å²) >= 11 is 2.17. The molecule has 0 spiro atoms. The van der Waals surface area contributed by atoms with Crippen molar-refractivity contribution in [3.05, 3.63) is 52.1 Å². The Bertz CT molecular complexity index is 494. The Morgan fingerprint density at radius 1 is 1.30 bits per heavy atom. The quantitative estimate of drug-likeness (QED) is 0.451. The van der Waals surface area contributed by atoms with Crippen molar-refractivity contribution in [3.63, 3.8) is 0 Å². The van der Waals surface area contributed by atoms with Gasteiger partial charge in [-0.1, -0.05) is 18.2 Å². The number of ether oxygens (including phenoxy) is 3. The lowest BCUT2D eigenvalue weighted by molar-refractivity contribution is -0.104. The van der Waals surface area contributed by atoms with Gasteiger partial charge >= 0.3 is 0 Å². The molecule has 0 bridgehead atoms. The molecule has 0 aromatic heterocycles. The fourth-order valence-electron chi connectivity index (χ4n) is 2.20. The second-order valence-corrected chi connectivity index (χ2v) is 6.87. The van der Waals surface area contributed by atoms with E-state index in [-0.39, 0.29) is 6.10 Å². The van der Waals surface area contributed by atoms with Crippen LogP contribution >= 0.6 is 22.6 Å². The highest BCUT2D eigenvalue weighted by molar-refractivity contribution is 14.1. The Balaban J connectivity index is 2.81. The van der Waals surface area contributed by atoms with Crippen molar-refractivity contribution in [2.75, 3.05) is 14.2 Å². The lowest BCUT2D eigenvalue weighted by Gasteiger charge is -2.28. The number of aliphatic hydroxyl groups is 1. The molecule has 5 heteroatoms. The third-order valence-electron chi connectivity index (χ3n) is 3.41. The molecule has 0 aliphatic carbocycles. The second kappa shape index (κ2) is 10.8. The van der Waals surface area contributed by atoms with Crippen molar-refractivity contribution in [1.82, 2.24) is 0 Å². The number of halogens is 1. The maximum absolute atomic E-state index is 10.4. The van der Waals surface area contributed by atoms with E-state index in [0.717, 1.165) is 14.9 Å². The second-order valence-electron chi connectivity index (χ2n) is 5.17. The van der Waals surface area contributed by atoms with Crippen LogP contribution in [-0.4, -0.2) is 37.6 Å². The Labute approximate surface area is 152 Å². The molecule has 0 unspecified atom stereocenters. The highest BCUT2D eigenvalue weighted by atomic mass is 127. The lowest BCUT2D eigenvalue weighted by Crippen LogP contribution is -2.39. The monoisotopic (exact) mass is 432 g/mol. The van der Waals surface area contributed by atoms with Crippen LogP contribution in [0.3, 0.4) is 0 Å². The summed E-state index contributed by atoms with van der Waals surface area (Å²) < 4.78 is 17.6. The number of benzene rings is 1. The molecule has 23 heavy (non-hydrogen) atoms. The molecule has 0 aliphatic rings. The summed E-state index contributed by atoms with van der Waals surface area (Å²) in [4.78, 5) is 0. The topological polar surface area (TPSA) is 47.9 Å². The molecule has 3 atom stereocenters. The van der Waals surface area contributed by atoms with Gasteiger partial charge in [-0.25, -0.2) is 0 Å². The highest BCUT2D eigenvalue weighted by Crippen LogP contribution is 2.19. The van der Waals surface area contributed by atoms with Crippen LogP contribution in [0.1, 0.15) is 18.9 Å². The molecule has 1 aromatic rings. The first kappa shape index (κ1) is 20.2. The molecular weight excluding hydrogens is 407 g/mol. The third kappa shape index (κ3) is 7.03. The first-order valence-corrected chi connectivity index (χ1v) is 8.49. The standard InChI is InChI=1S/C18H25IO4/c1-5-6-17(22-4)18(16(20)11-13(2)19)23-12-14-7-9-15(21-3)10-8-14/h5,7-11,16-18,20H,1,6,12H2,2-4H3/b13-11+/t16-,17-,18+/m0/s1. The van der Waals surface area contributed by atoms with Crippen LogP contribution < -0.4 is 4.74 Å². The van der Waals surface area contributed by atoms with E-state index in [0.29, 0.717) is 13.0 Å². The maximum Gasteiger partial charge on any atom is 0.118 e. The van der Waals surface area contributed by atoms with Crippen molar-refractivity contribution in [2.24, 2.45) is 0 Å². The van der Waals surface area contributed by atoms with Gasteiger partial charge in [0.15, 0.2) is 0 Å². The van der Waals surface area contributed by atoms with Crippen LogP contribution in [0.15, 0.2) is 46.6 Å². The molecule has 4 nitrogen and oxygen atoms in total. The first-order chi connectivity index (χ1) is 11.0. The van der Waals surface area contributed by atoms with E-state index in [9.17, 15) is 5.11 Å². The molecule has 128 valence electrons. The van der Waals surface area contributed by atoms with Crippen LogP contribution in [0.25, 0.3) is 0 Å². The molecule has 1 aromatic carbocycles. The third-order valence-corrected chi connectivity index (χ3v) is 3.77. The highest BCUT2D eigenvalue weighted by Gasteiger charge is 2.27. The van der Waals surface area contributed by atoms with E-state index in [1.54, 1.807) is 26.4 Å². The van der Waals surface area contributed by atoms with Crippen LogP contribution in [-0.2, 0) is 16.1 Å². The fourth-order valence-corrected chi connectivity index (χ4v) is 2.57. The smallest absolute Gasteiger partial charge is 0.118 e. The van der Waals surface area contributed by atoms with Crippen LogP contribution in [0.4, 0.5) is 0 Å². The minimum absolute atomic E-state index is 0.257. The molecule has 0 heterocycles. The minimum atomic E-state index is -0.741. The summed E-state index contributed by atoms with van der Waals surface area (Å²) in [5.41, 5.74) is 1.01. The van der Waals surface area contributed by atoms with E-state index >= 15 is 0 Å². The Morgan fingerprint density at radius 3 is 2.43 bits per heavy atom. The average molecular weight is 432 g/mol. The van der Waals surface area contributed by atoms with Gasteiger partial charge in [-0.05, 0) is 63.3 Å². The zero-order chi connectivity index (χ0) is 17.2. The van der Waals surface area contributed by atoms with Gasteiger partial charge in [-0.3, -0.25) is 0 Å². The molecule has 1 rings (SSSR count). The van der Waals surface area contributed by atoms with Crippen molar-refractivity contribution in [2.45, 2.75) is 38.3 Å². The largest absolute Gasteiger partial charge is 0.497 e. The molecular formula is C18H25IO4. The SMILES string of the molecule is C=CC[C@H](OC)[C@H](OCc1ccc(OC)cc1)[C@@H](O)/C=C(\C)I. The number of allylic oxidation sites excluding steroid dienone is 1. The van der Waals surface area contributed by atoms with E-state index in [1.807, 2.05) is 31.2 Å². The zero-order valence-corrected chi connectivity index (χ0v) is 16.0. The van der Waals surface area contributed by atoms with Gasteiger partial charge in [-0.15, -0.1) is 6.58 Å². The molecule has 0 aliphatic heterocycles. The van der Waals surface area contributed by atoms with E-state index in [4.69, 9.17) is 14.2 Å². The van der Waals surface area contributed by atoms with E-state index in [2.05, 4.69) is 29.2 Å². The first-order valence-electron chi connectivity index (χ1n) is 7.42. The van der Waals surface area contributed by atoms with Crippen molar-refractivity contribution >= 4 is 22.6 Å². The average Bonchev–Trinajstić information content (AvgIpc) is 2.53. The Morgan fingerprint density at radius 2 is 1.96 bits per heavy atom. The molecule has 0 fully saturated rings. The molecule has 0 saturated heterocycles.